The minimum atomic E-state index is -4.43. The fraction of sp³-hybridized carbons (Fsp3) is 0.258. The van der Waals surface area contributed by atoms with Crippen LogP contribution in [0.1, 0.15) is 50.1 Å². The summed E-state index contributed by atoms with van der Waals surface area (Å²) in [7, 11) is 1.99. The van der Waals surface area contributed by atoms with Crippen LogP contribution in [0.25, 0.3) is 33.5 Å². The SMILES string of the molecule is Cc1cc(C)c(C)c(-c2c3c(cc[n+]2C)-c2c(C(F)(F)F)cc4c(c2C3)Cc2c(C)cccc2-4)c1. The number of pyridine rings is 1. The minimum Gasteiger partial charge on any atom is -0.201 e. The Labute approximate surface area is 203 Å². The van der Waals surface area contributed by atoms with Crippen LogP contribution in [0.3, 0.4) is 0 Å². The molecule has 0 spiro atoms. The summed E-state index contributed by atoms with van der Waals surface area (Å²) in [4.78, 5) is 0. The van der Waals surface area contributed by atoms with Crippen LogP contribution in [0.4, 0.5) is 13.2 Å². The van der Waals surface area contributed by atoms with Crippen molar-refractivity contribution in [1.82, 2.24) is 0 Å². The Kier molecular flexibility index (Phi) is 4.61. The van der Waals surface area contributed by atoms with Crippen LogP contribution in [0.5, 0.6) is 0 Å². The molecule has 2 aliphatic carbocycles. The lowest BCUT2D eigenvalue weighted by Crippen LogP contribution is -2.32. The van der Waals surface area contributed by atoms with E-state index in [1.54, 1.807) is 0 Å². The number of alkyl halides is 3. The largest absolute Gasteiger partial charge is 0.417 e. The molecule has 0 fully saturated rings. The van der Waals surface area contributed by atoms with E-state index in [2.05, 4.69) is 37.5 Å². The predicted octanol–water partition coefficient (Wildman–Crippen LogP) is 7.57. The first-order valence-corrected chi connectivity index (χ1v) is 12.0. The average molecular weight is 471 g/mol. The van der Waals surface area contributed by atoms with Gasteiger partial charge < -0.3 is 0 Å². The number of benzene rings is 3. The third kappa shape index (κ3) is 3.12. The molecular weight excluding hydrogens is 443 g/mol. The molecule has 0 N–H and O–H groups in total. The van der Waals surface area contributed by atoms with Crippen LogP contribution in [0.2, 0.25) is 0 Å². The lowest BCUT2D eigenvalue weighted by atomic mass is 9.91. The molecule has 35 heavy (non-hydrogen) atoms. The van der Waals surface area contributed by atoms with Gasteiger partial charge >= 0.3 is 6.18 Å². The lowest BCUT2D eigenvalue weighted by Gasteiger charge is -2.17. The molecule has 0 unspecified atom stereocenters. The maximum atomic E-state index is 14.5. The summed E-state index contributed by atoms with van der Waals surface area (Å²) >= 11 is 0. The molecule has 4 heteroatoms. The third-order valence-electron chi connectivity index (χ3n) is 8.03. The number of halogens is 3. The molecule has 0 amide bonds. The van der Waals surface area contributed by atoms with Gasteiger partial charge in [-0.05, 0) is 102 Å². The van der Waals surface area contributed by atoms with E-state index in [1.807, 2.05) is 44.4 Å². The first kappa shape index (κ1) is 22.1. The summed E-state index contributed by atoms with van der Waals surface area (Å²) in [5.41, 5.74) is 13.1. The van der Waals surface area contributed by atoms with E-state index in [0.717, 1.165) is 61.3 Å². The van der Waals surface area contributed by atoms with Crippen molar-refractivity contribution in [2.45, 2.75) is 46.7 Å². The molecule has 2 aliphatic rings. The number of fused-ring (bicyclic) bond motifs is 7. The zero-order valence-corrected chi connectivity index (χ0v) is 20.6. The van der Waals surface area contributed by atoms with Crippen molar-refractivity contribution in [2.24, 2.45) is 7.05 Å². The monoisotopic (exact) mass is 470 g/mol. The van der Waals surface area contributed by atoms with Gasteiger partial charge in [0, 0.05) is 23.6 Å². The van der Waals surface area contributed by atoms with Gasteiger partial charge in [-0.1, -0.05) is 29.8 Å². The van der Waals surface area contributed by atoms with Gasteiger partial charge in [0.2, 0.25) is 5.69 Å². The van der Waals surface area contributed by atoms with Gasteiger partial charge in [0.05, 0.1) is 5.56 Å². The second-order valence-electron chi connectivity index (χ2n) is 10.2. The quantitative estimate of drug-likeness (QED) is 0.218. The Morgan fingerprint density at radius 2 is 1.46 bits per heavy atom. The Bertz CT molecular complexity index is 1570. The van der Waals surface area contributed by atoms with Gasteiger partial charge in [-0.3, -0.25) is 0 Å². The van der Waals surface area contributed by atoms with Gasteiger partial charge in [-0.2, -0.15) is 13.2 Å². The van der Waals surface area contributed by atoms with Crippen LogP contribution < -0.4 is 4.57 Å². The number of aryl methyl sites for hydroxylation is 4. The fourth-order valence-electron chi connectivity index (χ4n) is 6.24. The molecule has 176 valence electrons. The third-order valence-corrected chi connectivity index (χ3v) is 8.03. The Morgan fingerprint density at radius 3 is 2.20 bits per heavy atom. The van der Waals surface area contributed by atoms with Gasteiger partial charge in [0.25, 0.3) is 0 Å². The first-order chi connectivity index (χ1) is 16.6. The van der Waals surface area contributed by atoms with E-state index in [-0.39, 0.29) is 0 Å². The average Bonchev–Trinajstić information content (AvgIpc) is 3.35. The molecule has 1 aromatic heterocycles. The second kappa shape index (κ2) is 7.30. The van der Waals surface area contributed by atoms with Gasteiger partial charge in [0.1, 0.15) is 7.05 Å². The van der Waals surface area contributed by atoms with E-state index in [1.165, 1.54) is 17.2 Å². The number of aromatic nitrogens is 1. The molecule has 0 saturated carbocycles. The maximum Gasteiger partial charge on any atom is 0.417 e. The molecule has 6 rings (SSSR count). The van der Waals surface area contributed by atoms with Crippen LogP contribution in [0, 0.1) is 27.7 Å². The molecule has 0 aliphatic heterocycles. The molecule has 0 atom stereocenters. The Balaban J connectivity index is 1.66. The highest BCUT2D eigenvalue weighted by Crippen LogP contribution is 2.53. The van der Waals surface area contributed by atoms with E-state index < -0.39 is 11.7 Å². The molecular formula is C31H27F3N+. The van der Waals surface area contributed by atoms with Gasteiger partial charge in [0.15, 0.2) is 6.20 Å². The van der Waals surface area contributed by atoms with Crippen molar-refractivity contribution in [1.29, 1.82) is 0 Å². The lowest BCUT2D eigenvalue weighted by molar-refractivity contribution is -0.660. The summed E-state index contributed by atoms with van der Waals surface area (Å²) in [5, 5.41) is 0. The van der Waals surface area contributed by atoms with E-state index in [4.69, 9.17) is 0 Å². The Morgan fingerprint density at radius 1 is 0.714 bits per heavy atom. The van der Waals surface area contributed by atoms with Gasteiger partial charge in [-0.25, -0.2) is 4.57 Å². The standard InChI is InChI=1S/C31H27F3N/c1-16-11-18(3)19(4)23(12-16)30-27-14-26-24-13-22-17(2)7-6-8-20(22)25(24)15-28(31(32,33)34)29(26)21(27)9-10-35(30)5/h6-12,15H,13-14H2,1-5H3/q+1. The van der Waals surface area contributed by atoms with Crippen LogP contribution >= 0.6 is 0 Å². The van der Waals surface area contributed by atoms with Crippen LogP contribution in [0.15, 0.2) is 48.7 Å². The molecule has 0 bridgehead atoms. The maximum absolute atomic E-state index is 14.5. The van der Waals surface area contributed by atoms with Crippen molar-refractivity contribution >= 4 is 0 Å². The normalized spacial score (nSPS) is 13.5. The van der Waals surface area contributed by atoms with Crippen molar-refractivity contribution in [3.05, 3.63) is 98.7 Å². The molecule has 4 aromatic rings. The summed E-state index contributed by atoms with van der Waals surface area (Å²) in [6.45, 7) is 8.31. The van der Waals surface area contributed by atoms with Crippen LogP contribution in [-0.4, -0.2) is 0 Å². The number of nitrogens with zero attached hydrogens (tertiary/aromatic N) is 1. The number of rotatable bonds is 1. The second-order valence-corrected chi connectivity index (χ2v) is 10.2. The molecule has 1 heterocycles. The Hall–Kier alpha value is -3.40. The molecule has 0 radical (unpaired) electrons. The minimum absolute atomic E-state index is 0.376. The highest BCUT2D eigenvalue weighted by Gasteiger charge is 2.42. The summed E-state index contributed by atoms with van der Waals surface area (Å²) in [6, 6.07) is 13.6. The summed E-state index contributed by atoms with van der Waals surface area (Å²) < 4.78 is 45.7. The zero-order valence-electron chi connectivity index (χ0n) is 20.6. The van der Waals surface area contributed by atoms with Crippen molar-refractivity contribution < 1.29 is 17.7 Å². The number of hydrogen-bond acceptors (Lipinski definition) is 0. The van der Waals surface area contributed by atoms with Crippen molar-refractivity contribution in [2.75, 3.05) is 0 Å². The van der Waals surface area contributed by atoms with Crippen molar-refractivity contribution in [3.63, 3.8) is 0 Å². The predicted molar refractivity (Wildman–Crippen MR) is 133 cm³/mol. The molecule has 3 aromatic carbocycles. The first-order valence-electron chi connectivity index (χ1n) is 12.0. The van der Waals surface area contributed by atoms with Crippen LogP contribution in [-0.2, 0) is 26.1 Å². The fourth-order valence-corrected chi connectivity index (χ4v) is 6.24. The topological polar surface area (TPSA) is 3.88 Å². The van der Waals surface area contributed by atoms with Gasteiger partial charge in [-0.15, -0.1) is 0 Å². The van der Waals surface area contributed by atoms with E-state index in [0.29, 0.717) is 18.4 Å². The van der Waals surface area contributed by atoms with Crippen molar-refractivity contribution in [3.8, 4) is 33.5 Å². The zero-order chi connectivity index (χ0) is 24.8. The smallest absolute Gasteiger partial charge is 0.201 e. The molecule has 1 nitrogen and oxygen atoms in total. The molecule has 0 saturated heterocycles. The van der Waals surface area contributed by atoms with E-state index >= 15 is 0 Å². The number of hydrogen-bond donors (Lipinski definition) is 0. The highest BCUT2D eigenvalue weighted by atomic mass is 19.4. The summed E-state index contributed by atoms with van der Waals surface area (Å²) in [5.74, 6) is 0. The summed E-state index contributed by atoms with van der Waals surface area (Å²) in [6.07, 6.45) is -1.32. The highest BCUT2D eigenvalue weighted by molar-refractivity contribution is 5.91. The van der Waals surface area contributed by atoms with E-state index in [9.17, 15) is 13.2 Å².